The maximum absolute atomic E-state index is 5.87. The fourth-order valence-electron chi connectivity index (χ4n) is 2.05. The molecule has 0 aliphatic rings. The Labute approximate surface area is 154 Å². The maximum atomic E-state index is 5.87. The third kappa shape index (κ3) is 4.15. The fourth-order valence-corrected chi connectivity index (χ4v) is 2.30. The standard InChI is InChI=1S/C17H12Cl3N3O/c1-11-21-15(23-16(22-11)17(18,19)20)13-7-4-12(5-8-13)6-9-14-3-2-10-24-14/h2-10H,1H3. The highest BCUT2D eigenvalue weighted by molar-refractivity contribution is 6.66. The topological polar surface area (TPSA) is 51.8 Å². The van der Waals surface area contributed by atoms with Gasteiger partial charge in [-0.05, 0) is 30.7 Å². The molecular formula is C17H12Cl3N3O. The summed E-state index contributed by atoms with van der Waals surface area (Å²) < 4.78 is 3.57. The first-order chi connectivity index (χ1) is 11.4. The van der Waals surface area contributed by atoms with Crippen molar-refractivity contribution >= 4 is 47.0 Å². The van der Waals surface area contributed by atoms with Crippen LogP contribution in [0.1, 0.15) is 23.0 Å². The van der Waals surface area contributed by atoms with Gasteiger partial charge in [-0.25, -0.2) is 15.0 Å². The van der Waals surface area contributed by atoms with Crippen molar-refractivity contribution in [1.82, 2.24) is 15.0 Å². The summed E-state index contributed by atoms with van der Waals surface area (Å²) in [6, 6.07) is 11.4. The molecule has 7 heteroatoms. The molecule has 0 fully saturated rings. The molecule has 0 N–H and O–H groups in total. The number of hydrogen-bond donors (Lipinski definition) is 0. The molecule has 0 unspecified atom stereocenters. The van der Waals surface area contributed by atoms with Crippen LogP contribution in [0.4, 0.5) is 0 Å². The lowest BCUT2D eigenvalue weighted by atomic mass is 10.1. The number of aryl methyl sites for hydroxylation is 1. The first-order valence-corrected chi connectivity index (χ1v) is 8.17. The van der Waals surface area contributed by atoms with Crippen LogP contribution in [0.5, 0.6) is 0 Å². The highest BCUT2D eigenvalue weighted by Gasteiger charge is 2.27. The summed E-state index contributed by atoms with van der Waals surface area (Å²) in [7, 11) is 0. The summed E-state index contributed by atoms with van der Waals surface area (Å²) in [4.78, 5) is 12.6. The Morgan fingerprint density at radius 3 is 2.33 bits per heavy atom. The molecule has 3 rings (SSSR count). The largest absolute Gasteiger partial charge is 0.465 e. The van der Waals surface area contributed by atoms with Crippen LogP contribution in [0.15, 0.2) is 47.1 Å². The second-order valence-electron chi connectivity index (χ2n) is 5.00. The molecule has 2 aromatic heterocycles. The molecule has 0 bridgehead atoms. The first-order valence-electron chi connectivity index (χ1n) is 7.04. The Morgan fingerprint density at radius 2 is 1.71 bits per heavy atom. The third-order valence-corrected chi connectivity index (χ3v) is 3.66. The molecular weight excluding hydrogens is 369 g/mol. The van der Waals surface area contributed by atoms with Crippen molar-refractivity contribution < 1.29 is 4.42 Å². The molecule has 0 amide bonds. The molecule has 2 heterocycles. The van der Waals surface area contributed by atoms with Crippen LogP contribution in [-0.2, 0) is 3.79 Å². The van der Waals surface area contributed by atoms with Crippen molar-refractivity contribution in [2.45, 2.75) is 10.7 Å². The lowest BCUT2D eigenvalue weighted by Crippen LogP contribution is -2.10. The monoisotopic (exact) mass is 379 g/mol. The highest BCUT2D eigenvalue weighted by Crippen LogP contribution is 2.36. The van der Waals surface area contributed by atoms with E-state index in [1.807, 2.05) is 48.6 Å². The Balaban J connectivity index is 1.87. The molecule has 1 aromatic carbocycles. The van der Waals surface area contributed by atoms with Crippen molar-refractivity contribution in [1.29, 1.82) is 0 Å². The minimum Gasteiger partial charge on any atom is -0.465 e. The number of benzene rings is 1. The lowest BCUT2D eigenvalue weighted by molar-refractivity contribution is 0.557. The molecule has 24 heavy (non-hydrogen) atoms. The van der Waals surface area contributed by atoms with Crippen molar-refractivity contribution in [2.24, 2.45) is 0 Å². The average molecular weight is 381 g/mol. The number of halogens is 3. The molecule has 3 aromatic rings. The van der Waals surface area contributed by atoms with Gasteiger partial charge in [-0.2, -0.15) is 0 Å². The summed E-state index contributed by atoms with van der Waals surface area (Å²) in [6.45, 7) is 1.73. The summed E-state index contributed by atoms with van der Waals surface area (Å²) >= 11 is 17.6. The van der Waals surface area contributed by atoms with Crippen LogP contribution < -0.4 is 0 Å². The lowest BCUT2D eigenvalue weighted by Gasteiger charge is -2.11. The van der Waals surface area contributed by atoms with E-state index in [9.17, 15) is 0 Å². The van der Waals surface area contributed by atoms with Crippen molar-refractivity contribution in [3.63, 3.8) is 0 Å². The Hall–Kier alpha value is -1.88. The van der Waals surface area contributed by atoms with Crippen LogP contribution in [0.3, 0.4) is 0 Å². The zero-order chi connectivity index (χ0) is 17.2. The van der Waals surface area contributed by atoms with Gasteiger partial charge in [0.25, 0.3) is 0 Å². The number of rotatable bonds is 3. The summed E-state index contributed by atoms with van der Waals surface area (Å²) in [5, 5.41) is 0. The number of alkyl halides is 3. The Kier molecular flexibility index (Phi) is 4.90. The second-order valence-corrected chi connectivity index (χ2v) is 7.28. The number of nitrogens with zero attached hydrogens (tertiary/aromatic N) is 3. The minimum absolute atomic E-state index is 0.108. The van der Waals surface area contributed by atoms with Gasteiger partial charge in [0.15, 0.2) is 11.6 Å². The molecule has 0 saturated carbocycles. The van der Waals surface area contributed by atoms with E-state index in [1.54, 1.807) is 13.2 Å². The van der Waals surface area contributed by atoms with E-state index >= 15 is 0 Å². The molecule has 0 aliphatic carbocycles. The van der Waals surface area contributed by atoms with Crippen molar-refractivity contribution in [2.75, 3.05) is 0 Å². The zero-order valence-electron chi connectivity index (χ0n) is 12.6. The van der Waals surface area contributed by atoms with E-state index in [4.69, 9.17) is 39.2 Å². The van der Waals surface area contributed by atoms with Gasteiger partial charge in [0.2, 0.25) is 3.79 Å². The molecule has 0 saturated heterocycles. The normalized spacial score (nSPS) is 12.0. The van der Waals surface area contributed by atoms with Gasteiger partial charge < -0.3 is 4.42 Å². The first kappa shape index (κ1) is 17.0. The quantitative estimate of drug-likeness (QED) is 0.568. The van der Waals surface area contributed by atoms with Gasteiger partial charge in [-0.1, -0.05) is 65.1 Å². The Bertz CT molecular complexity index is 854. The van der Waals surface area contributed by atoms with E-state index in [-0.39, 0.29) is 5.82 Å². The molecule has 0 spiro atoms. The van der Waals surface area contributed by atoms with E-state index in [0.29, 0.717) is 11.6 Å². The minimum atomic E-state index is -1.69. The van der Waals surface area contributed by atoms with Crippen LogP contribution in [-0.4, -0.2) is 15.0 Å². The second kappa shape index (κ2) is 6.93. The number of furan rings is 1. The zero-order valence-corrected chi connectivity index (χ0v) is 14.8. The molecule has 4 nitrogen and oxygen atoms in total. The van der Waals surface area contributed by atoms with Gasteiger partial charge in [0.05, 0.1) is 6.26 Å². The smallest absolute Gasteiger partial charge is 0.250 e. The van der Waals surface area contributed by atoms with Crippen molar-refractivity contribution in [3.8, 4) is 11.4 Å². The van der Waals surface area contributed by atoms with Gasteiger partial charge in [0, 0.05) is 5.56 Å². The van der Waals surface area contributed by atoms with Gasteiger partial charge in [0.1, 0.15) is 11.6 Å². The van der Waals surface area contributed by atoms with Crippen LogP contribution >= 0.6 is 34.8 Å². The third-order valence-electron chi connectivity index (χ3n) is 3.15. The van der Waals surface area contributed by atoms with Crippen LogP contribution in [0.25, 0.3) is 23.5 Å². The van der Waals surface area contributed by atoms with E-state index in [2.05, 4.69) is 15.0 Å². The summed E-state index contributed by atoms with van der Waals surface area (Å²) in [5.74, 6) is 1.85. The van der Waals surface area contributed by atoms with Gasteiger partial charge in [-0.3, -0.25) is 0 Å². The van der Waals surface area contributed by atoms with Crippen LogP contribution in [0.2, 0.25) is 0 Å². The maximum Gasteiger partial charge on any atom is 0.250 e. The summed E-state index contributed by atoms with van der Waals surface area (Å²) in [6.07, 6.45) is 5.48. The number of aromatic nitrogens is 3. The van der Waals surface area contributed by atoms with Crippen LogP contribution in [0, 0.1) is 6.92 Å². The average Bonchev–Trinajstić information content (AvgIpc) is 3.05. The predicted octanol–water partition coefficient (Wildman–Crippen LogP) is 5.44. The molecule has 0 radical (unpaired) electrons. The molecule has 0 aliphatic heterocycles. The predicted molar refractivity (Wildman–Crippen MR) is 96.9 cm³/mol. The molecule has 0 atom stereocenters. The SMILES string of the molecule is Cc1nc(-c2ccc(C=Cc3ccco3)cc2)nc(C(Cl)(Cl)Cl)n1. The number of hydrogen-bond acceptors (Lipinski definition) is 4. The van der Waals surface area contributed by atoms with Crippen molar-refractivity contribution in [3.05, 3.63) is 65.6 Å². The van der Waals surface area contributed by atoms with Gasteiger partial charge >= 0.3 is 0 Å². The van der Waals surface area contributed by atoms with E-state index < -0.39 is 3.79 Å². The highest BCUT2D eigenvalue weighted by atomic mass is 35.6. The van der Waals surface area contributed by atoms with E-state index in [0.717, 1.165) is 16.9 Å². The Morgan fingerprint density at radius 1 is 0.958 bits per heavy atom. The summed E-state index contributed by atoms with van der Waals surface area (Å²) in [5.41, 5.74) is 1.83. The van der Waals surface area contributed by atoms with Gasteiger partial charge in [-0.15, -0.1) is 0 Å². The molecule has 122 valence electrons. The van der Waals surface area contributed by atoms with E-state index in [1.165, 1.54) is 0 Å². The fraction of sp³-hybridized carbons (Fsp3) is 0.118.